The minimum Gasteiger partial charge on any atom is -0.472 e. The highest BCUT2D eigenvalue weighted by Crippen LogP contribution is 2.39. The molecule has 0 aromatic heterocycles. The average Bonchev–Trinajstić information content (AvgIpc) is 2.14. The highest BCUT2D eigenvalue weighted by atomic mass is 16.4. The van der Waals surface area contributed by atoms with Crippen molar-refractivity contribution in [3.8, 4) is 11.8 Å². The molecule has 0 radical (unpaired) electrons. The number of aliphatic carboxylic acids is 1. The number of hydrogen-bond acceptors (Lipinski definition) is 1. The predicted molar refractivity (Wildman–Crippen MR) is 60.3 cm³/mol. The van der Waals surface area contributed by atoms with Gasteiger partial charge in [0.1, 0.15) is 0 Å². The fourth-order valence-electron chi connectivity index (χ4n) is 2.27. The van der Waals surface area contributed by atoms with Gasteiger partial charge in [-0.2, -0.15) is 0 Å². The summed E-state index contributed by atoms with van der Waals surface area (Å²) in [7, 11) is 0. The van der Waals surface area contributed by atoms with E-state index in [0.29, 0.717) is 11.3 Å². The maximum atomic E-state index is 10.3. The van der Waals surface area contributed by atoms with Gasteiger partial charge in [0.15, 0.2) is 0 Å². The van der Waals surface area contributed by atoms with Crippen LogP contribution in [0.2, 0.25) is 0 Å². The largest absolute Gasteiger partial charge is 0.472 e. The monoisotopic (exact) mass is 208 g/mol. The van der Waals surface area contributed by atoms with E-state index < -0.39 is 5.97 Å². The molecule has 0 amide bonds. The number of hydrogen-bond donors (Lipinski definition) is 1. The number of carboxylic acids is 1. The first kappa shape index (κ1) is 12.1. The molecular weight excluding hydrogens is 188 g/mol. The quantitative estimate of drug-likeness (QED) is 0.621. The first-order valence-electron chi connectivity index (χ1n) is 5.64. The van der Waals surface area contributed by atoms with Gasteiger partial charge in [-0.05, 0) is 37.0 Å². The molecule has 1 aliphatic carbocycles. The first-order valence-corrected chi connectivity index (χ1v) is 5.64. The molecular formula is C13H20O2. The summed E-state index contributed by atoms with van der Waals surface area (Å²) in [6, 6.07) is 0. The van der Waals surface area contributed by atoms with Gasteiger partial charge in [-0.3, -0.25) is 0 Å². The lowest BCUT2D eigenvalue weighted by Crippen LogP contribution is -2.25. The van der Waals surface area contributed by atoms with Gasteiger partial charge in [0.05, 0.1) is 0 Å². The number of rotatable bonds is 0. The summed E-state index contributed by atoms with van der Waals surface area (Å²) < 4.78 is 0. The Morgan fingerprint density at radius 1 is 1.20 bits per heavy atom. The summed E-state index contributed by atoms with van der Waals surface area (Å²) >= 11 is 0. The molecule has 0 heterocycles. The van der Waals surface area contributed by atoms with Crippen LogP contribution in [0, 0.1) is 29.1 Å². The van der Waals surface area contributed by atoms with E-state index in [9.17, 15) is 4.79 Å². The van der Waals surface area contributed by atoms with Crippen molar-refractivity contribution in [1.82, 2.24) is 0 Å². The van der Waals surface area contributed by atoms with Crippen LogP contribution in [0.5, 0.6) is 0 Å². The predicted octanol–water partition coefficient (Wildman–Crippen LogP) is 2.93. The first-order chi connectivity index (χ1) is 6.89. The zero-order valence-corrected chi connectivity index (χ0v) is 9.84. The normalized spacial score (nSPS) is 26.6. The Kier molecular flexibility index (Phi) is 3.79. The van der Waals surface area contributed by atoms with Crippen LogP contribution in [0.15, 0.2) is 0 Å². The summed E-state index contributed by atoms with van der Waals surface area (Å²) in [6.45, 7) is 6.84. The van der Waals surface area contributed by atoms with E-state index in [1.165, 1.54) is 12.8 Å². The minimum atomic E-state index is -1.01. The molecule has 0 unspecified atom stereocenters. The van der Waals surface area contributed by atoms with Gasteiger partial charge in [-0.25, -0.2) is 4.79 Å². The second-order valence-corrected chi connectivity index (χ2v) is 5.49. The summed E-state index contributed by atoms with van der Waals surface area (Å²) in [5, 5.41) is 8.45. The molecule has 2 heteroatoms. The van der Waals surface area contributed by atoms with Gasteiger partial charge >= 0.3 is 5.97 Å². The van der Waals surface area contributed by atoms with Crippen LogP contribution >= 0.6 is 0 Å². The van der Waals surface area contributed by atoms with Crippen molar-refractivity contribution >= 4 is 5.97 Å². The van der Waals surface area contributed by atoms with E-state index in [4.69, 9.17) is 5.11 Å². The van der Waals surface area contributed by atoms with Crippen LogP contribution in [0.4, 0.5) is 0 Å². The van der Waals surface area contributed by atoms with Crippen LogP contribution in [0.3, 0.4) is 0 Å². The van der Waals surface area contributed by atoms with Crippen molar-refractivity contribution in [1.29, 1.82) is 0 Å². The Balaban J connectivity index is 2.44. The van der Waals surface area contributed by atoms with Crippen molar-refractivity contribution in [2.75, 3.05) is 0 Å². The van der Waals surface area contributed by atoms with Crippen molar-refractivity contribution in [3.05, 3.63) is 0 Å². The maximum absolute atomic E-state index is 10.3. The molecule has 0 saturated heterocycles. The van der Waals surface area contributed by atoms with Crippen LogP contribution in [0.1, 0.15) is 46.5 Å². The molecule has 0 bridgehead atoms. The number of carbonyl (C=O) groups is 1. The zero-order valence-electron chi connectivity index (χ0n) is 9.84. The van der Waals surface area contributed by atoms with Gasteiger partial charge in [0, 0.05) is 11.8 Å². The van der Waals surface area contributed by atoms with Gasteiger partial charge in [0.25, 0.3) is 0 Å². The van der Waals surface area contributed by atoms with Crippen molar-refractivity contribution in [2.45, 2.75) is 46.5 Å². The van der Waals surface area contributed by atoms with Gasteiger partial charge in [-0.1, -0.05) is 26.7 Å². The Labute approximate surface area is 92.1 Å². The molecule has 2 nitrogen and oxygen atoms in total. The molecule has 0 spiro atoms. The highest BCUT2D eigenvalue weighted by molar-refractivity contribution is 5.86. The molecule has 1 fully saturated rings. The Bertz CT molecular complexity index is 280. The third-order valence-electron chi connectivity index (χ3n) is 3.34. The van der Waals surface area contributed by atoms with Crippen LogP contribution in [-0.2, 0) is 4.79 Å². The fraction of sp³-hybridized carbons (Fsp3) is 0.769. The van der Waals surface area contributed by atoms with E-state index in [1.54, 1.807) is 0 Å². The topological polar surface area (TPSA) is 37.3 Å². The second-order valence-electron chi connectivity index (χ2n) is 5.49. The molecule has 84 valence electrons. The highest BCUT2D eigenvalue weighted by Gasteiger charge is 2.28. The minimum absolute atomic E-state index is 0.305. The molecule has 15 heavy (non-hydrogen) atoms. The molecule has 1 aliphatic rings. The molecule has 0 atom stereocenters. The molecule has 0 aromatic rings. The molecule has 1 N–H and O–H groups in total. The number of carboxylic acid groups (broad SMARTS) is 1. The van der Waals surface area contributed by atoms with Crippen LogP contribution in [-0.4, -0.2) is 11.1 Å². The summed E-state index contributed by atoms with van der Waals surface area (Å²) in [6.07, 6.45) is 4.48. The van der Waals surface area contributed by atoms with Crippen molar-refractivity contribution < 1.29 is 9.90 Å². The summed E-state index contributed by atoms with van der Waals surface area (Å²) in [5.74, 6) is 5.14. The van der Waals surface area contributed by atoms with E-state index in [1.807, 2.05) is 0 Å². The zero-order chi connectivity index (χ0) is 11.5. The van der Waals surface area contributed by atoms with Gasteiger partial charge < -0.3 is 5.11 Å². The van der Waals surface area contributed by atoms with Gasteiger partial charge in [0.2, 0.25) is 0 Å². The van der Waals surface area contributed by atoms with Crippen LogP contribution in [0.25, 0.3) is 0 Å². The smallest absolute Gasteiger partial charge is 0.381 e. The summed E-state index contributed by atoms with van der Waals surface area (Å²) in [5.41, 5.74) is 0.380. The lowest BCUT2D eigenvalue weighted by Gasteiger charge is -2.35. The van der Waals surface area contributed by atoms with E-state index >= 15 is 0 Å². The van der Waals surface area contributed by atoms with E-state index in [2.05, 4.69) is 32.6 Å². The molecule has 0 aromatic carbocycles. The third kappa shape index (κ3) is 3.95. The average molecular weight is 208 g/mol. The lowest BCUT2D eigenvalue weighted by atomic mass is 9.70. The maximum Gasteiger partial charge on any atom is 0.381 e. The standard InChI is InChI=1S/C13H20O2/c1-13(2,3)11-7-4-10(5-8-11)6-9-12(14)15/h10-11H,4-5,7-8H2,1-3H3,(H,14,15). The molecule has 1 saturated carbocycles. The third-order valence-corrected chi connectivity index (χ3v) is 3.34. The fourth-order valence-corrected chi connectivity index (χ4v) is 2.27. The Hall–Kier alpha value is -0.970. The second kappa shape index (κ2) is 4.70. The Morgan fingerprint density at radius 3 is 2.13 bits per heavy atom. The van der Waals surface area contributed by atoms with Crippen LogP contribution < -0.4 is 0 Å². The molecule has 1 rings (SSSR count). The van der Waals surface area contributed by atoms with Gasteiger partial charge in [-0.15, -0.1) is 0 Å². The van der Waals surface area contributed by atoms with Crippen molar-refractivity contribution in [3.63, 3.8) is 0 Å². The van der Waals surface area contributed by atoms with E-state index in [-0.39, 0.29) is 0 Å². The van der Waals surface area contributed by atoms with E-state index in [0.717, 1.165) is 18.8 Å². The summed E-state index contributed by atoms with van der Waals surface area (Å²) in [4.78, 5) is 10.3. The Morgan fingerprint density at radius 2 is 1.73 bits per heavy atom. The SMILES string of the molecule is CC(C)(C)C1CCC(C#CC(=O)O)CC1. The van der Waals surface area contributed by atoms with Crippen molar-refractivity contribution in [2.24, 2.45) is 17.3 Å². The molecule has 0 aliphatic heterocycles. The lowest BCUT2D eigenvalue weighted by molar-refractivity contribution is -0.130.